The molecule has 0 saturated carbocycles. The van der Waals surface area contributed by atoms with Crippen molar-refractivity contribution in [1.29, 1.82) is 0 Å². The average molecular weight is 326 g/mol. The second-order valence-corrected chi connectivity index (χ2v) is 6.60. The first-order chi connectivity index (χ1) is 8.79. The van der Waals surface area contributed by atoms with E-state index in [1.54, 1.807) is 16.7 Å². The third kappa shape index (κ3) is 2.17. The van der Waals surface area contributed by atoms with Crippen LogP contribution in [0, 0.1) is 0 Å². The van der Waals surface area contributed by atoms with Gasteiger partial charge in [-0.3, -0.25) is 0 Å². The maximum Gasteiger partial charge on any atom is 0.140 e. The van der Waals surface area contributed by atoms with Gasteiger partial charge >= 0.3 is 0 Å². The molecule has 1 aliphatic carbocycles. The van der Waals surface area contributed by atoms with Crippen molar-refractivity contribution in [2.24, 2.45) is 0 Å². The minimum atomic E-state index is 0.176. The fourth-order valence-electron chi connectivity index (χ4n) is 2.53. The van der Waals surface area contributed by atoms with Gasteiger partial charge in [0.05, 0.1) is 10.7 Å². The van der Waals surface area contributed by atoms with Crippen LogP contribution in [-0.2, 0) is 12.8 Å². The Balaban J connectivity index is 1.96. The maximum atomic E-state index is 5.63. The molecule has 0 spiro atoms. The number of fused-ring (bicyclic) bond motifs is 1. The van der Waals surface area contributed by atoms with Crippen LogP contribution in [0.4, 0.5) is 0 Å². The summed E-state index contributed by atoms with van der Waals surface area (Å²) >= 11 is 5.50. The molecule has 18 heavy (non-hydrogen) atoms. The van der Waals surface area contributed by atoms with Gasteiger partial charge in [-0.05, 0) is 59.4 Å². The molecule has 0 saturated heterocycles. The fraction of sp³-hybridized carbons (Fsp3) is 0.429. The largest absolute Gasteiger partial charge is 0.466 e. The quantitative estimate of drug-likeness (QED) is 0.907. The van der Waals surface area contributed by atoms with Gasteiger partial charge in [0.25, 0.3) is 0 Å². The van der Waals surface area contributed by atoms with Crippen molar-refractivity contribution in [2.45, 2.75) is 32.2 Å². The molecule has 0 aromatic carbocycles. The summed E-state index contributed by atoms with van der Waals surface area (Å²) in [5.74, 6) is 0.983. The molecule has 0 bridgehead atoms. The molecular formula is C14H16BrNOS. The number of nitrogens with one attached hydrogen (secondary N) is 1. The Labute approximate surface area is 120 Å². The van der Waals surface area contributed by atoms with Crippen LogP contribution in [-0.4, -0.2) is 6.54 Å². The lowest BCUT2D eigenvalue weighted by Crippen LogP contribution is -2.20. The van der Waals surface area contributed by atoms with E-state index >= 15 is 0 Å². The molecule has 1 unspecified atom stereocenters. The molecule has 0 amide bonds. The van der Waals surface area contributed by atoms with E-state index in [9.17, 15) is 0 Å². The van der Waals surface area contributed by atoms with Crippen LogP contribution in [0.25, 0.3) is 0 Å². The maximum absolute atomic E-state index is 5.63. The highest BCUT2D eigenvalue weighted by Gasteiger charge is 2.24. The molecule has 1 aliphatic rings. The van der Waals surface area contributed by atoms with E-state index < -0.39 is 0 Å². The van der Waals surface area contributed by atoms with Crippen LogP contribution in [0.2, 0.25) is 0 Å². The van der Waals surface area contributed by atoms with Crippen LogP contribution in [0.15, 0.2) is 27.3 Å². The zero-order chi connectivity index (χ0) is 12.5. The van der Waals surface area contributed by atoms with Gasteiger partial charge in [0, 0.05) is 9.75 Å². The number of hydrogen-bond acceptors (Lipinski definition) is 3. The first kappa shape index (κ1) is 12.5. The highest BCUT2D eigenvalue weighted by atomic mass is 79.9. The molecule has 0 fully saturated rings. The summed E-state index contributed by atoms with van der Waals surface area (Å²) in [5, 5.41) is 3.52. The van der Waals surface area contributed by atoms with E-state index in [-0.39, 0.29) is 6.04 Å². The SMILES string of the molecule is CCNC(c1cc2c(s1)CCC2)c1occc1Br. The van der Waals surface area contributed by atoms with Crippen molar-refractivity contribution in [1.82, 2.24) is 5.32 Å². The van der Waals surface area contributed by atoms with Crippen LogP contribution >= 0.6 is 27.3 Å². The summed E-state index contributed by atoms with van der Waals surface area (Å²) in [6, 6.07) is 4.49. The first-order valence-corrected chi connectivity index (χ1v) is 7.98. The second kappa shape index (κ2) is 5.19. The summed E-state index contributed by atoms with van der Waals surface area (Å²) in [5.41, 5.74) is 1.54. The van der Waals surface area contributed by atoms with Gasteiger partial charge < -0.3 is 9.73 Å². The summed E-state index contributed by atoms with van der Waals surface area (Å²) in [4.78, 5) is 2.94. The third-order valence-corrected chi connectivity index (χ3v) is 5.32. The Morgan fingerprint density at radius 3 is 3.06 bits per heavy atom. The van der Waals surface area contributed by atoms with Gasteiger partial charge in [0.1, 0.15) is 11.8 Å². The molecule has 96 valence electrons. The molecular weight excluding hydrogens is 310 g/mol. The van der Waals surface area contributed by atoms with E-state index in [2.05, 4.69) is 34.2 Å². The standard InChI is InChI=1S/C14H16BrNOS/c1-2-16-13(14-10(15)6-7-17-14)12-8-9-4-3-5-11(9)18-12/h6-8,13,16H,2-5H2,1H3. The van der Waals surface area contributed by atoms with Crippen molar-refractivity contribution in [3.05, 3.63) is 43.9 Å². The summed E-state index contributed by atoms with van der Waals surface area (Å²) in [6.07, 6.45) is 5.55. The zero-order valence-electron chi connectivity index (χ0n) is 10.3. The highest BCUT2D eigenvalue weighted by Crippen LogP contribution is 2.38. The van der Waals surface area contributed by atoms with Crippen LogP contribution in [0.1, 0.15) is 40.5 Å². The first-order valence-electron chi connectivity index (χ1n) is 6.37. The summed E-state index contributed by atoms with van der Waals surface area (Å²) in [6.45, 7) is 3.06. The van der Waals surface area contributed by atoms with Gasteiger partial charge in [-0.25, -0.2) is 0 Å². The van der Waals surface area contributed by atoms with E-state index in [1.807, 2.05) is 17.4 Å². The molecule has 2 heterocycles. The fourth-order valence-corrected chi connectivity index (χ4v) is 4.30. The third-order valence-electron chi connectivity index (χ3n) is 3.37. The van der Waals surface area contributed by atoms with Gasteiger partial charge in [-0.1, -0.05) is 6.92 Å². The highest BCUT2D eigenvalue weighted by molar-refractivity contribution is 9.10. The Kier molecular flexibility index (Phi) is 3.59. The molecule has 1 N–H and O–H groups in total. The van der Waals surface area contributed by atoms with Crippen LogP contribution < -0.4 is 5.32 Å². The number of thiophene rings is 1. The lowest BCUT2D eigenvalue weighted by molar-refractivity contribution is 0.453. The van der Waals surface area contributed by atoms with E-state index in [1.165, 1.54) is 24.1 Å². The molecule has 0 aliphatic heterocycles. The minimum Gasteiger partial charge on any atom is -0.466 e. The van der Waals surface area contributed by atoms with Crippen molar-refractivity contribution in [3.63, 3.8) is 0 Å². The minimum absolute atomic E-state index is 0.176. The lowest BCUT2D eigenvalue weighted by atomic mass is 10.1. The summed E-state index contributed by atoms with van der Waals surface area (Å²) in [7, 11) is 0. The predicted molar refractivity (Wildman–Crippen MR) is 78.3 cm³/mol. The van der Waals surface area contributed by atoms with Crippen molar-refractivity contribution < 1.29 is 4.42 Å². The smallest absolute Gasteiger partial charge is 0.140 e. The van der Waals surface area contributed by atoms with E-state index in [0.29, 0.717) is 0 Å². The topological polar surface area (TPSA) is 25.2 Å². The molecule has 3 rings (SSSR count). The van der Waals surface area contributed by atoms with Crippen molar-refractivity contribution in [3.8, 4) is 0 Å². The van der Waals surface area contributed by atoms with Crippen LogP contribution in [0.5, 0.6) is 0 Å². The van der Waals surface area contributed by atoms with Crippen LogP contribution in [0.3, 0.4) is 0 Å². The zero-order valence-corrected chi connectivity index (χ0v) is 12.7. The Morgan fingerprint density at radius 2 is 2.39 bits per heavy atom. The number of rotatable bonds is 4. The second-order valence-electron chi connectivity index (χ2n) is 4.57. The lowest BCUT2D eigenvalue weighted by Gasteiger charge is -2.14. The molecule has 4 heteroatoms. The van der Waals surface area contributed by atoms with E-state index in [4.69, 9.17) is 4.42 Å². The predicted octanol–water partition coefficient (Wildman–Crippen LogP) is 4.29. The number of halogens is 1. The van der Waals surface area contributed by atoms with Crippen molar-refractivity contribution >= 4 is 27.3 Å². The van der Waals surface area contributed by atoms with Crippen molar-refractivity contribution in [2.75, 3.05) is 6.54 Å². The number of hydrogen-bond donors (Lipinski definition) is 1. The Hall–Kier alpha value is -0.580. The summed E-state index contributed by atoms with van der Waals surface area (Å²) < 4.78 is 6.67. The monoisotopic (exact) mass is 325 g/mol. The van der Waals surface area contributed by atoms with Gasteiger partial charge in [0.15, 0.2) is 0 Å². The Morgan fingerprint density at radius 1 is 1.50 bits per heavy atom. The number of aryl methyl sites for hydroxylation is 2. The van der Waals surface area contributed by atoms with Gasteiger partial charge in [0.2, 0.25) is 0 Å². The van der Waals surface area contributed by atoms with E-state index in [0.717, 1.165) is 16.8 Å². The number of furan rings is 1. The van der Waals surface area contributed by atoms with Gasteiger partial charge in [-0.2, -0.15) is 0 Å². The molecule has 1 atom stereocenters. The molecule has 2 nitrogen and oxygen atoms in total. The molecule has 0 radical (unpaired) electrons. The molecule has 2 aromatic rings. The normalized spacial score (nSPS) is 15.9. The average Bonchev–Trinajstić information content (AvgIpc) is 3.00. The Bertz CT molecular complexity index is 524. The molecule has 2 aromatic heterocycles. The van der Waals surface area contributed by atoms with Gasteiger partial charge in [-0.15, -0.1) is 11.3 Å².